The van der Waals surface area contributed by atoms with E-state index in [1.165, 1.54) is 0 Å². The SMILES string of the molecule is O=C(c1ccc(Oc2ccccc2)o1)N1CCC(O)(Cn2ccnc2)CC1. The zero-order valence-electron chi connectivity index (χ0n) is 14.8. The van der Waals surface area contributed by atoms with Gasteiger partial charge in [0.1, 0.15) is 5.75 Å². The molecule has 0 atom stereocenters. The van der Waals surface area contributed by atoms with Crippen molar-refractivity contribution in [3.05, 3.63) is 66.9 Å². The van der Waals surface area contributed by atoms with E-state index in [4.69, 9.17) is 9.15 Å². The minimum absolute atomic E-state index is 0.192. The number of likely N-dealkylation sites (tertiary alicyclic amines) is 1. The molecule has 27 heavy (non-hydrogen) atoms. The Morgan fingerprint density at radius 1 is 1.19 bits per heavy atom. The molecule has 0 saturated carbocycles. The van der Waals surface area contributed by atoms with Crippen molar-refractivity contribution >= 4 is 5.91 Å². The predicted octanol–water partition coefficient (Wildman–Crippen LogP) is 2.94. The van der Waals surface area contributed by atoms with Gasteiger partial charge in [-0.15, -0.1) is 0 Å². The Kier molecular flexibility index (Phi) is 4.68. The first kappa shape index (κ1) is 17.4. The van der Waals surface area contributed by atoms with Crippen LogP contribution < -0.4 is 4.74 Å². The average Bonchev–Trinajstić information content (AvgIpc) is 3.34. The first-order chi connectivity index (χ1) is 13.1. The number of ether oxygens (including phenoxy) is 1. The van der Waals surface area contributed by atoms with Crippen LogP contribution in [0.2, 0.25) is 0 Å². The van der Waals surface area contributed by atoms with Crippen molar-refractivity contribution in [2.75, 3.05) is 13.1 Å². The van der Waals surface area contributed by atoms with Gasteiger partial charge in [-0.2, -0.15) is 0 Å². The van der Waals surface area contributed by atoms with Crippen molar-refractivity contribution in [2.24, 2.45) is 0 Å². The van der Waals surface area contributed by atoms with E-state index < -0.39 is 5.60 Å². The van der Waals surface area contributed by atoms with Crippen molar-refractivity contribution < 1.29 is 19.1 Å². The maximum absolute atomic E-state index is 12.7. The van der Waals surface area contributed by atoms with Crippen molar-refractivity contribution in [3.63, 3.8) is 0 Å². The third-order valence-electron chi connectivity index (χ3n) is 4.77. The normalized spacial score (nSPS) is 16.3. The van der Waals surface area contributed by atoms with Gasteiger partial charge < -0.3 is 23.7 Å². The summed E-state index contributed by atoms with van der Waals surface area (Å²) in [5, 5.41) is 10.8. The third kappa shape index (κ3) is 4.03. The summed E-state index contributed by atoms with van der Waals surface area (Å²) in [7, 11) is 0. The molecule has 3 heterocycles. The lowest BCUT2D eigenvalue weighted by molar-refractivity contribution is -0.0298. The number of carbonyl (C=O) groups excluding carboxylic acids is 1. The van der Waals surface area contributed by atoms with E-state index in [1.54, 1.807) is 29.6 Å². The summed E-state index contributed by atoms with van der Waals surface area (Å²) in [6, 6.07) is 12.5. The molecular weight excluding hydrogens is 346 g/mol. The van der Waals surface area contributed by atoms with Crippen molar-refractivity contribution in [1.29, 1.82) is 0 Å². The molecule has 1 amide bonds. The van der Waals surface area contributed by atoms with Crippen LogP contribution >= 0.6 is 0 Å². The largest absolute Gasteiger partial charge is 0.426 e. The average molecular weight is 367 g/mol. The zero-order valence-corrected chi connectivity index (χ0v) is 14.8. The summed E-state index contributed by atoms with van der Waals surface area (Å²) >= 11 is 0. The number of piperidine rings is 1. The Morgan fingerprint density at radius 3 is 2.67 bits per heavy atom. The standard InChI is InChI=1S/C20H21N3O4/c24-19(17-6-7-18(27-17)26-16-4-2-1-3-5-16)23-11-8-20(25,9-12-23)14-22-13-10-21-15-22/h1-7,10,13,15,25H,8-9,11-12,14H2. The third-order valence-corrected chi connectivity index (χ3v) is 4.77. The van der Waals surface area contributed by atoms with Crippen LogP contribution in [0.5, 0.6) is 11.7 Å². The Bertz CT molecular complexity index is 881. The number of benzene rings is 1. The molecule has 1 aromatic carbocycles. The molecule has 1 aliphatic heterocycles. The van der Waals surface area contributed by atoms with E-state index in [1.807, 2.05) is 41.1 Å². The number of hydrogen-bond donors (Lipinski definition) is 1. The molecule has 1 fully saturated rings. The topological polar surface area (TPSA) is 80.7 Å². The molecule has 140 valence electrons. The Hall–Kier alpha value is -3.06. The number of hydrogen-bond acceptors (Lipinski definition) is 5. The monoisotopic (exact) mass is 367 g/mol. The van der Waals surface area contributed by atoms with Crippen LogP contribution in [-0.4, -0.2) is 44.2 Å². The highest BCUT2D eigenvalue weighted by molar-refractivity contribution is 5.91. The van der Waals surface area contributed by atoms with Gasteiger partial charge in [-0.3, -0.25) is 4.79 Å². The second kappa shape index (κ2) is 7.28. The van der Waals surface area contributed by atoms with Gasteiger partial charge in [0.05, 0.1) is 18.5 Å². The van der Waals surface area contributed by atoms with E-state index >= 15 is 0 Å². The van der Waals surface area contributed by atoms with E-state index in [-0.39, 0.29) is 17.6 Å². The molecule has 1 saturated heterocycles. The van der Waals surface area contributed by atoms with Gasteiger partial charge in [0.15, 0.2) is 5.76 Å². The van der Waals surface area contributed by atoms with Crippen LogP contribution in [0.1, 0.15) is 23.4 Å². The number of para-hydroxylation sites is 1. The molecular formula is C20H21N3O4. The number of aromatic nitrogens is 2. The summed E-state index contributed by atoms with van der Waals surface area (Å²) < 4.78 is 13.0. The van der Waals surface area contributed by atoms with Gasteiger partial charge >= 0.3 is 0 Å². The van der Waals surface area contributed by atoms with Crippen LogP contribution in [0.15, 0.2) is 65.6 Å². The van der Waals surface area contributed by atoms with E-state index in [9.17, 15) is 9.90 Å². The number of furan rings is 1. The van der Waals surface area contributed by atoms with Crippen LogP contribution in [-0.2, 0) is 6.54 Å². The molecule has 1 N–H and O–H groups in total. The minimum atomic E-state index is -0.831. The summed E-state index contributed by atoms with van der Waals surface area (Å²) in [6.07, 6.45) is 6.21. The van der Waals surface area contributed by atoms with Crippen LogP contribution in [0.4, 0.5) is 0 Å². The summed E-state index contributed by atoms with van der Waals surface area (Å²) in [6.45, 7) is 1.42. The molecule has 0 aliphatic carbocycles. The lowest BCUT2D eigenvalue weighted by Gasteiger charge is -2.38. The van der Waals surface area contributed by atoms with Gasteiger partial charge in [-0.1, -0.05) is 18.2 Å². The Balaban J connectivity index is 1.35. The van der Waals surface area contributed by atoms with Crippen molar-refractivity contribution in [3.8, 4) is 11.7 Å². The molecule has 0 spiro atoms. The quantitative estimate of drug-likeness (QED) is 0.750. The molecule has 0 radical (unpaired) electrons. The molecule has 4 rings (SSSR count). The second-order valence-corrected chi connectivity index (χ2v) is 6.79. The van der Waals surface area contributed by atoms with E-state index in [2.05, 4.69) is 4.98 Å². The molecule has 7 nitrogen and oxygen atoms in total. The lowest BCUT2D eigenvalue weighted by atomic mass is 9.91. The minimum Gasteiger partial charge on any atom is -0.426 e. The molecule has 0 bridgehead atoms. The molecule has 2 aromatic heterocycles. The van der Waals surface area contributed by atoms with Crippen molar-refractivity contribution in [1.82, 2.24) is 14.5 Å². The number of nitrogens with zero attached hydrogens (tertiary/aromatic N) is 3. The van der Waals surface area contributed by atoms with Crippen molar-refractivity contribution in [2.45, 2.75) is 25.0 Å². The first-order valence-corrected chi connectivity index (χ1v) is 8.91. The maximum Gasteiger partial charge on any atom is 0.290 e. The summed E-state index contributed by atoms with van der Waals surface area (Å²) in [5.41, 5.74) is -0.831. The van der Waals surface area contributed by atoms with Crippen LogP contribution in [0.3, 0.4) is 0 Å². The number of carbonyl (C=O) groups is 1. The number of aliphatic hydroxyl groups is 1. The highest BCUT2D eigenvalue weighted by Gasteiger charge is 2.35. The smallest absolute Gasteiger partial charge is 0.290 e. The van der Waals surface area contributed by atoms with Crippen LogP contribution in [0.25, 0.3) is 0 Å². The summed E-state index contributed by atoms with van der Waals surface area (Å²) in [5.74, 6) is 0.968. The fraction of sp³-hybridized carbons (Fsp3) is 0.300. The first-order valence-electron chi connectivity index (χ1n) is 8.91. The van der Waals surface area contributed by atoms with Crippen LogP contribution in [0, 0.1) is 0 Å². The highest BCUT2D eigenvalue weighted by atomic mass is 16.6. The predicted molar refractivity (Wildman–Crippen MR) is 97.5 cm³/mol. The molecule has 0 unspecified atom stereocenters. The van der Waals surface area contributed by atoms with Gasteiger partial charge in [-0.05, 0) is 31.0 Å². The highest BCUT2D eigenvalue weighted by Crippen LogP contribution is 2.27. The molecule has 1 aliphatic rings. The van der Waals surface area contributed by atoms with Gasteiger partial charge in [0.2, 0.25) is 0 Å². The maximum atomic E-state index is 12.7. The summed E-state index contributed by atoms with van der Waals surface area (Å²) in [4.78, 5) is 18.4. The Morgan fingerprint density at radius 2 is 1.96 bits per heavy atom. The molecule has 3 aromatic rings. The zero-order chi connectivity index (χ0) is 18.7. The lowest BCUT2D eigenvalue weighted by Crippen LogP contribution is -2.48. The second-order valence-electron chi connectivity index (χ2n) is 6.79. The van der Waals surface area contributed by atoms with Gasteiger partial charge in [0.25, 0.3) is 11.9 Å². The number of imidazole rings is 1. The van der Waals surface area contributed by atoms with Gasteiger partial charge in [0, 0.05) is 31.5 Å². The van der Waals surface area contributed by atoms with E-state index in [0.29, 0.717) is 38.2 Å². The van der Waals surface area contributed by atoms with E-state index in [0.717, 1.165) is 0 Å². The fourth-order valence-electron chi connectivity index (χ4n) is 3.25. The Labute approximate surface area is 156 Å². The number of rotatable bonds is 5. The van der Waals surface area contributed by atoms with Gasteiger partial charge in [-0.25, -0.2) is 4.98 Å². The fourth-order valence-corrected chi connectivity index (χ4v) is 3.25. The molecule has 7 heteroatoms. The number of amides is 1.